The Morgan fingerprint density at radius 1 is 1.24 bits per heavy atom. The van der Waals surface area contributed by atoms with Crippen LogP contribution in [0.2, 0.25) is 0 Å². The molecule has 4 rings (SSSR count). The number of carbonyl (C=O) groups excluding carboxylic acids is 1. The molecular formula is C22H30N8O4. The molecule has 12 heteroatoms. The van der Waals surface area contributed by atoms with E-state index in [1.165, 1.54) is 12.7 Å². The lowest BCUT2D eigenvalue weighted by atomic mass is 10.1. The maximum Gasteiger partial charge on any atom is 0.315 e. The number of rotatable bonds is 8. The summed E-state index contributed by atoms with van der Waals surface area (Å²) < 4.78 is 7.50. The second-order valence-corrected chi connectivity index (χ2v) is 8.49. The number of urea groups is 1. The third-order valence-corrected chi connectivity index (χ3v) is 5.80. The van der Waals surface area contributed by atoms with Crippen LogP contribution in [0.15, 0.2) is 36.9 Å². The molecule has 1 aromatic carbocycles. The minimum absolute atomic E-state index is 0.225. The molecular weight excluding hydrogens is 440 g/mol. The summed E-state index contributed by atoms with van der Waals surface area (Å²) in [5.74, 6) is 0.225. The Morgan fingerprint density at radius 2 is 2.06 bits per heavy atom. The van der Waals surface area contributed by atoms with Crippen molar-refractivity contribution in [1.29, 1.82) is 0 Å². The van der Waals surface area contributed by atoms with Crippen LogP contribution in [-0.2, 0) is 11.3 Å². The Balaban J connectivity index is 1.25. The van der Waals surface area contributed by atoms with Crippen molar-refractivity contribution in [3.8, 4) is 0 Å². The zero-order valence-corrected chi connectivity index (χ0v) is 19.1. The van der Waals surface area contributed by atoms with Crippen molar-refractivity contribution in [1.82, 2.24) is 35.1 Å². The normalized spacial score (nSPS) is 22.4. The number of aliphatic hydroxyl groups excluding tert-OH is 2. The number of nitrogen functional groups attached to an aromatic ring is 1. The number of aromatic nitrogens is 4. The summed E-state index contributed by atoms with van der Waals surface area (Å²) in [5, 5.41) is 26.8. The molecule has 34 heavy (non-hydrogen) atoms. The summed E-state index contributed by atoms with van der Waals surface area (Å²) in [6.45, 7) is 3.75. The maximum absolute atomic E-state index is 12.1. The summed E-state index contributed by atoms with van der Waals surface area (Å²) in [7, 11) is 1.85. The van der Waals surface area contributed by atoms with Gasteiger partial charge < -0.3 is 36.2 Å². The molecule has 1 aliphatic rings. The van der Waals surface area contributed by atoms with Gasteiger partial charge in [0.15, 0.2) is 17.7 Å². The van der Waals surface area contributed by atoms with Gasteiger partial charge in [0.05, 0.1) is 6.33 Å². The highest BCUT2D eigenvalue weighted by atomic mass is 16.6. The van der Waals surface area contributed by atoms with Crippen molar-refractivity contribution < 1.29 is 19.7 Å². The van der Waals surface area contributed by atoms with Crippen molar-refractivity contribution >= 4 is 23.0 Å². The smallest absolute Gasteiger partial charge is 0.315 e. The topological polar surface area (TPSA) is 164 Å². The molecule has 1 saturated heterocycles. The van der Waals surface area contributed by atoms with Crippen LogP contribution in [-0.4, -0.2) is 85.7 Å². The molecule has 1 aliphatic heterocycles. The number of hydrogen-bond donors (Lipinski definition) is 5. The van der Waals surface area contributed by atoms with Crippen molar-refractivity contribution in [3.63, 3.8) is 0 Å². The van der Waals surface area contributed by atoms with Crippen LogP contribution in [0, 0.1) is 6.92 Å². The molecule has 2 amide bonds. The predicted octanol–water partition coefficient (Wildman–Crippen LogP) is -0.233. The van der Waals surface area contributed by atoms with E-state index in [1.807, 2.05) is 43.1 Å². The molecule has 4 atom stereocenters. The Bertz CT molecular complexity index is 1140. The zero-order valence-electron chi connectivity index (χ0n) is 19.1. The lowest BCUT2D eigenvalue weighted by Crippen LogP contribution is -2.43. The second-order valence-electron chi connectivity index (χ2n) is 8.49. The van der Waals surface area contributed by atoms with Gasteiger partial charge >= 0.3 is 6.03 Å². The number of ether oxygens (including phenoxy) is 1. The van der Waals surface area contributed by atoms with Gasteiger partial charge in [-0.1, -0.05) is 29.8 Å². The van der Waals surface area contributed by atoms with Gasteiger partial charge in [-0.2, -0.15) is 0 Å². The van der Waals surface area contributed by atoms with E-state index in [1.54, 1.807) is 4.57 Å². The van der Waals surface area contributed by atoms with Crippen LogP contribution in [0.1, 0.15) is 17.4 Å². The number of fused-ring (bicyclic) bond motifs is 1. The molecule has 4 unspecified atom stereocenters. The average Bonchev–Trinajstić information content (AvgIpc) is 3.35. The van der Waals surface area contributed by atoms with Gasteiger partial charge in [-0.25, -0.2) is 19.7 Å². The van der Waals surface area contributed by atoms with Gasteiger partial charge in [0.25, 0.3) is 0 Å². The number of nitrogens with one attached hydrogen (secondary N) is 2. The van der Waals surface area contributed by atoms with Crippen LogP contribution in [0.5, 0.6) is 0 Å². The van der Waals surface area contributed by atoms with Crippen molar-refractivity contribution in [3.05, 3.63) is 48.0 Å². The summed E-state index contributed by atoms with van der Waals surface area (Å²) in [5.41, 5.74) is 8.82. The number of amides is 2. The number of benzene rings is 1. The van der Waals surface area contributed by atoms with Crippen LogP contribution in [0.4, 0.5) is 10.6 Å². The van der Waals surface area contributed by atoms with Crippen molar-refractivity contribution in [2.45, 2.75) is 38.0 Å². The van der Waals surface area contributed by atoms with E-state index in [-0.39, 0.29) is 11.8 Å². The highest BCUT2D eigenvalue weighted by molar-refractivity contribution is 5.81. The van der Waals surface area contributed by atoms with Crippen molar-refractivity contribution in [2.75, 3.05) is 32.4 Å². The molecule has 182 valence electrons. The summed E-state index contributed by atoms with van der Waals surface area (Å²) in [6.07, 6.45) is -1.01. The van der Waals surface area contributed by atoms with E-state index in [0.29, 0.717) is 37.3 Å². The summed E-state index contributed by atoms with van der Waals surface area (Å²) in [4.78, 5) is 26.2. The highest BCUT2D eigenvalue weighted by Gasteiger charge is 2.44. The van der Waals surface area contributed by atoms with Crippen LogP contribution in [0.25, 0.3) is 11.2 Å². The number of aryl methyl sites for hydroxylation is 1. The molecule has 12 nitrogen and oxygen atoms in total. The molecule has 0 saturated carbocycles. The molecule has 0 bridgehead atoms. The fourth-order valence-corrected chi connectivity index (χ4v) is 3.99. The van der Waals surface area contributed by atoms with Crippen molar-refractivity contribution in [2.24, 2.45) is 0 Å². The Labute approximate surface area is 196 Å². The third-order valence-electron chi connectivity index (χ3n) is 5.80. The largest absolute Gasteiger partial charge is 0.387 e. The number of imidazole rings is 1. The summed E-state index contributed by atoms with van der Waals surface area (Å²) in [6, 6.07) is 7.70. The Kier molecular flexibility index (Phi) is 7.22. The standard InChI is InChI=1S/C22H30N8O4/c1-13-4-3-5-14(8-13)9-25-22(33)24-6-7-29(2)10-15-17(31)18(32)21(34-15)30-12-28-16-19(23)26-11-27-20(16)30/h3-5,8,11-12,15,17-18,21,31-32H,6-7,9-10H2,1-2H3,(H2,23,26,27)(H2,24,25,33). The molecule has 1 fully saturated rings. The fourth-order valence-electron chi connectivity index (χ4n) is 3.99. The van der Waals surface area contributed by atoms with Crippen LogP contribution in [0.3, 0.4) is 0 Å². The van der Waals surface area contributed by atoms with E-state index in [4.69, 9.17) is 10.5 Å². The lowest BCUT2D eigenvalue weighted by molar-refractivity contribution is -0.0420. The number of aliphatic hydroxyl groups is 2. The second kappa shape index (κ2) is 10.3. The number of likely N-dealkylation sites (N-methyl/N-ethyl adjacent to an activating group) is 1. The molecule has 0 aliphatic carbocycles. The molecule has 3 aromatic rings. The fraction of sp³-hybridized carbons (Fsp3) is 0.455. The summed E-state index contributed by atoms with van der Waals surface area (Å²) >= 11 is 0. The average molecular weight is 471 g/mol. The molecule has 0 radical (unpaired) electrons. The Hall–Kier alpha value is -3.32. The van der Waals surface area contributed by atoms with E-state index >= 15 is 0 Å². The molecule has 2 aromatic heterocycles. The van der Waals surface area contributed by atoms with E-state index in [9.17, 15) is 15.0 Å². The number of hydrogen-bond acceptors (Lipinski definition) is 9. The highest BCUT2D eigenvalue weighted by Crippen LogP contribution is 2.32. The SMILES string of the molecule is Cc1cccc(CNC(=O)NCCN(C)CC2OC(n3cnc4c(N)ncnc43)C(O)C2O)c1. The number of carbonyl (C=O) groups is 1. The minimum Gasteiger partial charge on any atom is -0.387 e. The van der Waals surface area contributed by atoms with Crippen LogP contribution >= 0.6 is 0 Å². The van der Waals surface area contributed by atoms with Gasteiger partial charge in [0.2, 0.25) is 0 Å². The molecule has 6 N–H and O–H groups in total. The first-order chi connectivity index (χ1) is 16.3. The van der Waals surface area contributed by atoms with E-state index in [2.05, 4.69) is 25.6 Å². The van der Waals surface area contributed by atoms with Gasteiger partial charge in [-0.15, -0.1) is 0 Å². The molecule has 0 spiro atoms. The van der Waals surface area contributed by atoms with Crippen LogP contribution < -0.4 is 16.4 Å². The van der Waals surface area contributed by atoms with E-state index in [0.717, 1.165) is 11.1 Å². The Morgan fingerprint density at radius 3 is 2.85 bits per heavy atom. The maximum atomic E-state index is 12.1. The minimum atomic E-state index is -1.17. The first-order valence-corrected chi connectivity index (χ1v) is 11.0. The van der Waals surface area contributed by atoms with Gasteiger partial charge in [-0.3, -0.25) is 4.57 Å². The first kappa shape index (κ1) is 23.8. The monoisotopic (exact) mass is 470 g/mol. The van der Waals surface area contributed by atoms with Gasteiger partial charge in [0.1, 0.15) is 30.2 Å². The molecule has 3 heterocycles. The number of anilines is 1. The van der Waals surface area contributed by atoms with Gasteiger partial charge in [0, 0.05) is 26.2 Å². The first-order valence-electron chi connectivity index (χ1n) is 11.0. The van der Waals surface area contributed by atoms with E-state index < -0.39 is 24.5 Å². The number of nitrogens with zero attached hydrogens (tertiary/aromatic N) is 5. The number of nitrogens with two attached hydrogens (primary N) is 1. The van der Waals surface area contributed by atoms with Gasteiger partial charge in [-0.05, 0) is 19.5 Å². The third kappa shape index (κ3) is 5.25. The lowest BCUT2D eigenvalue weighted by Gasteiger charge is -2.23. The predicted molar refractivity (Wildman–Crippen MR) is 125 cm³/mol. The zero-order chi connectivity index (χ0) is 24.2. The quantitative estimate of drug-likeness (QED) is 0.299.